The SMILES string of the molecule is O=c1[nH]c2ccc(C(O)CC3CCC3)cc2o1. The van der Waals surface area contributed by atoms with E-state index >= 15 is 0 Å². The minimum absolute atomic E-state index is 0.453. The molecule has 2 N–H and O–H groups in total. The van der Waals surface area contributed by atoms with Crippen molar-refractivity contribution in [3.05, 3.63) is 34.3 Å². The number of aromatic nitrogens is 1. The maximum absolute atomic E-state index is 11.0. The third kappa shape index (κ3) is 2.00. The molecule has 1 fully saturated rings. The van der Waals surface area contributed by atoms with Crippen LogP contribution in [0.25, 0.3) is 11.1 Å². The van der Waals surface area contributed by atoms with E-state index in [0.29, 0.717) is 17.0 Å². The van der Waals surface area contributed by atoms with Crippen LogP contribution in [0.4, 0.5) is 0 Å². The highest BCUT2D eigenvalue weighted by atomic mass is 16.4. The second kappa shape index (κ2) is 4.04. The van der Waals surface area contributed by atoms with Gasteiger partial charge in [-0.3, -0.25) is 4.98 Å². The standard InChI is InChI=1S/C13H15NO3/c15-11(6-8-2-1-3-8)9-4-5-10-12(7-9)17-13(16)14-10/h4-5,7-8,11,15H,1-3,6H2,(H,14,16). The molecule has 1 aliphatic carbocycles. The number of hydrogen-bond donors (Lipinski definition) is 2. The molecule has 1 aromatic heterocycles. The van der Waals surface area contributed by atoms with Crippen molar-refractivity contribution in [1.29, 1.82) is 0 Å². The molecule has 1 aromatic carbocycles. The molecule has 1 atom stereocenters. The van der Waals surface area contributed by atoms with E-state index < -0.39 is 11.9 Å². The Hall–Kier alpha value is -1.55. The minimum Gasteiger partial charge on any atom is -0.408 e. The number of rotatable bonds is 3. The second-order valence-corrected chi connectivity index (χ2v) is 4.82. The third-order valence-corrected chi connectivity index (χ3v) is 3.61. The second-order valence-electron chi connectivity index (χ2n) is 4.82. The monoisotopic (exact) mass is 233 g/mol. The fourth-order valence-electron chi connectivity index (χ4n) is 2.35. The van der Waals surface area contributed by atoms with Gasteiger partial charge in [-0.1, -0.05) is 25.3 Å². The number of benzene rings is 1. The average molecular weight is 233 g/mol. The van der Waals surface area contributed by atoms with Crippen LogP contribution in [0.5, 0.6) is 0 Å². The molecule has 0 spiro atoms. The number of H-pyrrole nitrogens is 1. The Labute approximate surface area is 98.3 Å². The van der Waals surface area contributed by atoms with Gasteiger partial charge in [-0.05, 0) is 30.0 Å². The molecule has 4 nitrogen and oxygen atoms in total. The molecule has 0 aliphatic heterocycles. The van der Waals surface area contributed by atoms with Crippen molar-refractivity contribution in [2.45, 2.75) is 31.8 Å². The molecular formula is C13H15NO3. The number of nitrogens with one attached hydrogen (secondary N) is 1. The summed E-state index contributed by atoms with van der Waals surface area (Å²) in [6.45, 7) is 0. The number of aromatic amines is 1. The summed E-state index contributed by atoms with van der Waals surface area (Å²) in [4.78, 5) is 13.6. The first kappa shape index (κ1) is 10.6. The van der Waals surface area contributed by atoms with Crippen LogP contribution in [-0.2, 0) is 0 Å². The summed E-state index contributed by atoms with van der Waals surface area (Å²) in [6.07, 6.45) is 4.07. The highest BCUT2D eigenvalue weighted by molar-refractivity contribution is 5.72. The largest absolute Gasteiger partial charge is 0.417 e. The van der Waals surface area contributed by atoms with E-state index in [-0.39, 0.29) is 0 Å². The van der Waals surface area contributed by atoms with E-state index in [1.807, 2.05) is 6.07 Å². The Morgan fingerprint density at radius 3 is 3.00 bits per heavy atom. The molecule has 90 valence electrons. The van der Waals surface area contributed by atoms with Crippen molar-refractivity contribution in [3.8, 4) is 0 Å². The number of aliphatic hydroxyl groups excluding tert-OH is 1. The number of hydrogen-bond acceptors (Lipinski definition) is 3. The number of fused-ring (bicyclic) bond motifs is 1. The van der Waals surface area contributed by atoms with Gasteiger partial charge in [0.1, 0.15) is 0 Å². The van der Waals surface area contributed by atoms with Crippen LogP contribution in [-0.4, -0.2) is 10.1 Å². The molecule has 17 heavy (non-hydrogen) atoms. The molecule has 1 unspecified atom stereocenters. The first-order chi connectivity index (χ1) is 8.22. The predicted octanol–water partition coefficient (Wildman–Crippen LogP) is 2.34. The van der Waals surface area contributed by atoms with Gasteiger partial charge in [0.05, 0.1) is 11.6 Å². The third-order valence-electron chi connectivity index (χ3n) is 3.61. The number of aliphatic hydroxyl groups is 1. The van der Waals surface area contributed by atoms with Crippen LogP contribution in [0.3, 0.4) is 0 Å². The van der Waals surface area contributed by atoms with Gasteiger partial charge in [-0.25, -0.2) is 4.79 Å². The van der Waals surface area contributed by atoms with E-state index in [0.717, 1.165) is 12.0 Å². The normalized spacial score (nSPS) is 18.2. The maximum atomic E-state index is 11.0. The molecule has 2 aromatic rings. The fraction of sp³-hybridized carbons (Fsp3) is 0.462. The Bertz CT molecular complexity index is 580. The quantitative estimate of drug-likeness (QED) is 0.855. The van der Waals surface area contributed by atoms with E-state index in [1.54, 1.807) is 12.1 Å². The zero-order chi connectivity index (χ0) is 11.8. The lowest BCUT2D eigenvalue weighted by atomic mass is 9.80. The topological polar surface area (TPSA) is 66.2 Å². The molecule has 0 saturated heterocycles. The van der Waals surface area contributed by atoms with Crippen molar-refractivity contribution >= 4 is 11.1 Å². The Morgan fingerprint density at radius 2 is 2.29 bits per heavy atom. The minimum atomic E-state index is -0.454. The van der Waals surface area contributed by atoms with Crippen molar-refractivity contribution < 1.29 is 9.52 Å². The lowest BCUT2D eigenvalue weighted by molar-refractivity contribution is 0.118. The van der Waals surface area contributed by atoms with Crippen LogP contribution < -0.4 is 5.76 Å². The number of oxazole rings is 1. The zero-order valence-corrected chi connectivity index (χ0v) is 9.48. The van der Waals surface area contributed by atoms with Gasteiger partial charge < -0.3 is 9.52 Å². The predicted molar refractivity (Wildman–Crippen MR) is 63.8 cm³/mol. The van der Waals surface area contributed by atoms with E-state index in [9.17, 15) is 9.90 Å². The lowest BCUT2D eigenvalue weighted by Crippen LogP contribution is -2.14. The maximum Gasteiger partial charge on any atom is 0.417 e. The first-order valence-electron chi connectivity index (χ1n) is 6.03. The van der Waals surface area contributed by atoms with Crippen LogP contribution in [0.1, 0.15) is 37.4 Å². The van der Waals surface area contributed by atoms with Crippen LogP contribution in [0.15, 0.2) is 27.4 Å². The molecular weight excluding hydrogens is 218 g/mol. The molecule has 3 rings (SSSR count). The highest BCUT2D eigenvalue weighted by Crippen LogP contribution is 2.35. The summed E-state index contributed by atoms with van der Waals surface area (Å²) < 4.78 is 4.98. The Balaban J connectivity index is 1.85. The van der Waals surface area contributed by atoms with Crippen LogP contribution >= 0.6 is 0 Å². The molecule has 1 saturated carbocycles. The highest BCUT2D eigenvalue weighted by Gasteiger charge is 2.22. The van der Waals surface area contributed by atoms with Gasteiger partial charge in [-0.2, -0.15) is 0 Å². The average Bonchev–Trinajstić information content (AvgIpc) is 2.62. The summed E-state index contributed by atoms with van der Waals surface area (Å²) in [5.41, 5.74) is 2.02. The van der Waals surface area contributed by atoms with E-state index in [4.69, 9.17) is 4.42 Å². The van der Waals surface area contributed by atoms with Crippen LogP contribution in [0.2, 0.25) is 0 Å². The molecule has 0 bridgehead atoms. The van der Waals surface area contributed by atoms with Gasteiger partial charge >= 0.3 is 5.76 Å². The Morgan fingerprint density at radius 1 is 1.47 bits per heavy atom. The summed E-state index contributed by atoms with van der Waals surface area (Å²) in [7, 11) is 0. The molecule has 1 aliphatic rings. The van der Waals surface area contributed by atoms with Crippen LogP contribution in [0, 0.1) is 5.92 Å². The molecule has 1 heterocycles. The summed E-state index contributed by atoms with van der Waals surface area (Å²) in [5, 5.41) is 10.1. The fourth-order valence-corrected chi connectivity index (χ4v) is 2.35. The van der Waals surface area contributed by atoms with Gasteiger partial charge in [0.15, 0.2) is 5.58 Å². The summed E-state index contributed by atoms with van der Waals surface area (Å²) in [5.74, 6) is 0.199. The lowest BCUT2D eigenvalue weighted by Gasteiger charge is -2.27. The molecule has 4 heteroatoms. The summed E-state index contributed by atoms with van der Waals surface area (Å²) >= 11 is 0. The first-order valence-corrected chi connectivity index (χ1v) is 6.03. The van der Waals surface area contributed by atoms with Gasteiger partial charge in [0, 0.05) is 0 Å². The Kier molecular flexibility index (Phi) is 2.52. The van der Waals surface area contributed by atoms with Crippen molar-refractivity contribution in [2.75, 3.05) is 0 Å². The summed E-state index contributed by atoms with van der Waals surface area (Å²) in [6, 6.07) is 5.37. The van der Waals surface area contributed by atoms with Gasteiger partial charge in [0.2, 0.25) is 0 Å². The smallest absolute Gasteiger partial charge is 0.408 e. The van der Waals surface area contributed by atoms with Gasteiger partial charge in [-0.15, -0.1) is 0 Å². The van der Waals surface area contributed by atoms with Crippen molar-refractivity contribution in [2.24, 2.45) is 5.92 Å². The molecule has 0 radical (unpaired) electrons. The van der Waals surface area contributed by atoms with E-state index in [1.165, 1.54) is 19.3 Å². The van der Waals surface area contributed by atoms with E-state index in [2.05, 4.69) is 4.98 Å². The van der Waals surface area contributed by atoms with Crippen molar-refractivity contribution in [1.82, 2.24) is 4.98 Å². The zero-order valence-electron chi connectivity index (χ0n) is 9.48. The van der Waals surface area contributed by atoms with Gasteiger partial charge in [0.25, 0.3) is 0 Å². The molecule has 0 amide bonds. The van der Waals surface area contributed by atoms with Crippen molar-refractivity contribution in [3.63, 3.8) is 0 Å².